The minimum absolute atomic E-state index is 0.773. The lowest BCUT2D eigenvalue weighted by atomic mass is 10.6. The predicted molar refractivity (Wildman–Crippen MR) is 37.5 cm³/mol. The molecule has 0 aliphatic heterocycles. The van der Waals surface area contributed by atoms with Crippen molar-refractivity contribution in [2.24, 2.45) is 5.73 Å². The zero-order valence-corrected chi connectivity index (χ0v) is 7.37. The molecule has 12 heavy (non-hydrogen) atoms. The summed E-state index contributed by atoms with van der Waals surface area (Å²) in [4.78, 5) is 16.3. The van der Waals surface area contributed by atoms with Gasteiger partial charge >= 0.3 is 22.8 Å². The summed E-state index contributed by atoms with van der Waals surface area (Å²) in [7, 11) is -6.08. The number of nitrogens with one attached hydrogen (secondary N) is 1. The Bertz CT molecular complexity index is 202. The van der Waals surface area contributed by atoms with Crippen molar-refractivity contribution in [3.05, 3.63) is 0 Å². The molecule has 0 spiro atoms. The number of hydrogen-bond donors (Lipinski definition) is 4. The van der Waals surface area contributed by atoms with Gasteiger partial charge in [-0.1, -0.05) is 9.05 Å². The van der Waals surface area contributed by atoms with E-state index in [-0.39, 0.29) is 0 Å². The number of amidine groups is 1. The van der Waals surface area contributed by atoms with Gasteiger partial charge in [-0.05, 0) is 0 Å². The highest BCUT2D eigenvalue weighted by atomic mass is 31.1. The molecule has 0 aliphatic carbocycles. The first-order valence-corrected chi connectivity index (χ1v) is 4.69. The summed E-state index contributed by atoms with van der Waals surface area (Å²) in [5, 5.41) is 6.69. The highest BCUT2D eigenvalue weighted by molar-refractivity contribution is 7.33. The maximum Gasteiger partial charge on any atom is 0.698 e. The summed E-state index contributed by atoms with van der Waals surface area (Å²) in [6.07, 6.45) is -1.77. The smallest absolute Gasteiger partial charge is 0.383 e. The topological polar surface area (TPSA) is 143 Å². The van der Waals surface area contributed by atoms with E-state index in [2.05, 4.69) is 9.05 Å². The van der Waals surface area contributed by atoms with Crippen molar-refractivity contribution in [2.75, 3.05) is 0 Å². The van der Waals surface area contributed by atoms with E-state index >= 15 is 0 Å². The van der Waals surface area contributed by atoms with Gasteiger partial charge in [0.2, 0.25) is 0 Å². The summed E-state index contributed by atoms with van der Waals surface area (Å²) in [5.74, 6) is -0.773. The molecular formula is C2H6N2O6P2+2. The van der Waals surface area contributed by atoms with Crippen LogP contribution in [0.5, 0.6) is 0 Å². The fourth-order valence-electron chi connectivity index (χ4n) is 0.297. The van der Waals surface area contributed by atoms with Crippen molar-refractivity contribution in [3.63, 3.8) is 0 Å². The molecule has 10 heteroatoms. The Morgan fingerprint density at radius 3 is 1.83 bits per heavy atom. The lowest BCUT2D eigenvalue weighted by Crippen LogP contribution is -2.29. The van der Waals surface area contributed by atoms with Crippen molar-refractivity contribution in [2.45, 2.75) is 6.29 Å². The number of hydrogen-bond acceptors (Lipinski definition) is 5. The summed E-state index contributed by atoms with van der Waals surface area (Å²) in [6.45, 7) is 0. The molecule has 0 aromatic heterocycles. The highest BCUT2D eigenvalue weighted by Crippen LogP contribution is 2.25. The third-order valence-electron chi connectivity index (χ3n) is 0.626. The zero-order valence-electron chi connectivity index (χ0n) is 5.58. The Kier molecular flexibility index (Phi) is 5.00. The largest absolute Gasteiger partial charge is 0.698 e. The van der Waals surface area contributed by atoms with Crippen molar-refractivity contribution < 1.29 is 28.0 Å². The summed E-state index contributed by atoms with van der Waals surface area (Å²) < 4.78 is 28.0. The van der Waals surface area contributed by atoms with E-state index in [1.807, 2.05) is 0 Å². The van der Waals surface area contributed by atoms with Gasteiger partial charge in [0.15, 0.2) is 5.84 Å². The molecule has 0 rings (SSSR count). The fourth-order valence-corrected chi connectivity index (χ4v) is 1.01. The van der Waals surface area contributed by atoms with Crippen LogP contribution in [0.4, 0.5) is 0 Å². The molecular weight excluding hydrogens is 210 g/mol. The Balaban J connectivity index is 4.14. The second kappa shape index (κ2) is 5.21. The van der Waals surface area contributed by atoms with Crippen molar-refractivity contribution in [1.82, 2.24) is 0 Å². The van der Waals surface area contributed by atoms with E-state index in [0.717, 1.165) is 0 Å². The molecule has 0 aromatic rings. The van der Waals surface area contributed by atoms with Gasteiger partial charge in [0, 0.05) is 9.13 Å². The Labute approximate surface area is 68.7 Å². The van der Waals surface area contributed by atoms with Crippen LogP contribution in [0.25, 0.3) is 0 Å². The average Bonchev–Trinajstić information content (AvgIpc) is 1.83. The van der Waals surface area contributed by atoms with E-state index in [9.17, 15) is 9.13 Å². The molecule has 0 fully saturated rings. The standard InChI is InChI=1S/C2H4N2O6P2/c3-1(4)2(9-11(5)6)10-12(7)8/h2H,(H3-2,3,4,5,6,7,8)/p+2. The van der Waals surface area contributed by atoms with Crippen LogP contribution in [0.3, 0.4) is 0 Å². The first kappa shape index (κ1) is 11.5. The highest BCUT2D eigenvalue weighted by Gasteiger charge is 2.34. The summed E-state index contributed by atoms with van der Waals surface area (Å²) in [6, 6.07) is 0. The minimum atomic E-state index is -3.04. The Morgan fingerprint density at radius 2 is 1.67 bits per heavy atom. The second-order valence-electron chi connectivity index (χ2n) is 1.47. The summed E-state index contributed by atoms with van der Waals surface area (Å²) in [5.41, 5.74) is 4.79. The first-order valence-electron chi connectivity index (χ1n) is 2.43. The van der Waals surface area contributed by atoms with Crippen molar-refractivity contribution in [1.29, 1.82) is 5.41 Å². The first-order chi connectivity index (χ1) is 5.43. The van der Waals surface area contributed by atoms with Crippen LogP contribution in [0.15, 0.2) is 0 Å². The minimum Gasteiger partial charge on any atom is -0.383 e. The molecule has 0 bridgehead atoms. The molecule has 5 N–H and O–H groups in total. The average molecular weight is 216 g/mol. The van der Waals surface area contributed by atoms with Gasteiger partial charge < -0.3 is 5.73 Å². The SMILES string of the molecule is N=C(N)C(O[P+](=O)O)O[P+](=O)O. The van der Waals surface area contributed by atoms with E-state index in [0.29, 0.717) is 0 Å². The molecule has 0 aliphatic rings. The normalized spacial score (nSPS) is 15.2. The lowest BCUT2D eigenvalue weighted by molar-refractivity contribution is 0.0568. The van der Waals surface area contributed by atoms with Crippen molar-refractivity contribution >= 4 is 22.3 Å². The monoisotopic (exact) mass is 216 g/mol. The second-order valence-corrected chi connectivity index (χ2v) is 2.85. The van der Waals surface area contributed by atoms with E-state index in [1.54, 1.807) is 0 Å². The maximum atomic E-state index is 10.0. The van der Waals surface area contributed by atoms with E-state index < -0.39 is 28.6 Å². The molecule has 0 saturated carbocycles. The molecule has 2 unspecified atom stereocenters. The van der Waals surface area contributed by atoms with Gasteiger partial charge in [-0.2, -0.15) is 0 Å². The fraction of sp³-hybridized carbons (Fsp3) is 0.500. The molecule has 8 nitrogen and oxygen atoms in total. The third-order valence-corrected chi connectivity index (χ3v) is 1.37. The Morgan fingerprint density at radius 1 is 1.33 bits per heavy atom. The van der Waals surface area contributed by atoms with Gasteiger partial charge in [0.25, 0.3) is 0 Å². The molecule has 0 heterocycles. The molecule has 0 aromatic carbocycles. The van der Waals surface area contributed by atoms with Crippen LogP contribution in [-0.2, 0) is 18.2 Å². The summed E-state index contributed by atoms with van der Waals surface area (Å²) >= 11 is 0. The molecule has 0 amide bonds. The number of nitrogens with two attached hydrogens (primary N) is 1. The zero-order chi connectivity index (χ0) is 9.72. The quantitative estimate of drug-likeness (QED) is 0.211. The van der Waals surface area contributed by atoms with Gasteiger partial charge in [0.05, 0.1) is 0 Å². The van der Waals surface area contributed by atoms with Crippen LogP contribution in [0.2, 0.25) is 0 Å². The molecule has 2 atom stereocenters. The van der Waals surface area contributed by atoms with Crippen LogP contribution in [0.1, 0.15) is 0 Å². The number of rotatable bonds is 5. The molecule has 0 saturated heterocycles. The van der Waals surface area contributed by atoms with E-state index in [1.165, 1.54) is 0 Å². The lowest BCUT2D eigenvalue weighted by Gasteiger charge is -1.97. The Hall–Kier alpha value is -0.490. The maximum absolute atomic E-state index is 10.0. The van der Waals surface area contributed by atoms with Gasteiger partial charge in [0.1, 0.15) is 0 Å². The van der Waals surface area contributed by atoms with Crippen LogP contribution < -0.4 is 5.73 Å². The van der Waals surface area contributed by atoms with Crippen LogP contribution in [0, 0.1) is 5.41 Å². The van der Waals surface area contributed by atoms with Crippen LogP contribution >= 0.6 is 16.5 Å². The predicted octanol–water partition coefficient (Wildman–Crippen LogP) is -0.419. The van der Waals surface area contributed by atoms with Crippen molar-refractivity contribution in [3.8, 4) is 0 Å². The van der Waals surface area contributed by atoms with E-state index in [4.69, 9.17) is 20.9 Å². The van der Waals surface area contributed by atoms with Gasteiger partial charge in [-0.3, -0.25) is 5.41 Å². The third kappa shape index (κ3) is 5.20. The molecule has 68 valence electrons. The molecule has 0 radical (unpaired) electrons. The van der Waals surface area contributed by atoms with Gasteiger partial charge in [-0.15, -0.1) is 9.79 Å². The van der Waals surface area contributed by atoms with Crippen LogP contribution in [-0.4, -0.2) is 21.9 Å². The van der Waals surface area contributed by atoms with Gasteiger partial charge in [-0.25, -0.2) is 0 Å².